The van der Waals surface area contributed by atoms with E-state index in [0.29, 0.717) is 21.9 Å². The van der Waals surface area contributed by atoms with Crippen molar-refractivity contribution in [2.24, 2.45) is 0 Å². The molecule has 0 aliphatic carbocycles. The Morgan fingerprint density at radius 1 is 0.769 bits per heavy atom. The number of alkyl halides is 3. The van der Waals surface area contributed by atoms with Gasteiger partial charge in [-0.2, -0.15) is 21.6 Å². The fraction of sp³-hybridized carbons (Fsp3) is 0.0345. The minimum absolute atomic E-state index is 0.267. The zero-order valence-electron chi connectivity index (χ0n) is 19.5. The van der Waals surface area contributed by atoms with E-state index < -0.39 is 21.4 Å². The summed E-state index contributed by atoms with van der Waals surface area (Å²) in [6.07, 6.45) is 0. The maximum absolute atomic E-state index is 12.9. The number of benzene rings is 5. The van der Waals surface area contributed by atoms with Crippen LogP contribution < -0.4 is 4.18 Å². The number of hydrogen-bond donors (Lipinski definition) is 0. The van der Waals surface area contributed by atoms with Crippen molar-refractivity contribution >= 4 is 90.3 Å². The first kappa shape index (κ1) is 24.4. The summed E-state index contributed by atoms with van der Waals surface area (Å²) >= 11 is 5.01. The summed E-state index contributed by atoms with van der Waals surface area (Å²) < 4.78 is 74.8. The van der Waals surface area contributed by atoms with Crippen molar-refractivity contribution in [3.63, 3.8) is 0 Å². The van der Waals surface area contributed by atoms with Crippen molar-refractivity contribution in [2.45, 2.75) is 5.51 Å². The molecule has 0 amide bonds. The molecule has 7 rings (SSSR count). The van der Waals surface area contributed by atoms with Gasteiger partial charge in [0.15, 0.2) is 0 Å². The van der Waals surface area contributed by atoms with Crippen molar-refractivity contribution in [3.05, 3.63) is 89.4 Å². The van der Waals surface area contributed by atoms with Crippen LogP contribution in [0.5, 0.6) is 5.75 Å². The maximum Gasteiger partial charge on any atom is 0.534 e. The Kier molecular flexibility index (Phi) is 5.29. The molecule has 0 saturated heterocycles. The van der Waals surface area contributed by atoms with Gasteiger partial charge >= 0.3 is 15.6 Å². The highest BCUT2D eigenvalue weighted by molar-refractivity contribution is 9.10. The second-order valence-electron chi connectivity index (χ2n) is 9.05. The third-order valence-corrected chi connectivity index (χ3v) is 9.47. The van der Waals surface area contributed by atoms with E-state index in [1.165, 1.54) is 26.9 Å². The third kappa shape index (κ3) is 3.89. The second-order valence-corrected chi connectivity index (χ2v) is 12.5. The average molecular weight is 627 g/mol. The molecule has 2 aromatic heterocycles. The van der Waals surface area contributed by atoms with Gasteiger partial charge in [-0.1, -0.05) is 48.5 Å². The molecular formula is C29H14BrF3O4S2. The minimum atomic E-state index is -5.82. The largest absolute Gasteiger partial charge is 0.534 e. The molecule has 5 aromatic carbocycles. The van der Waals surface area contributed by atoms with Gasteiger partial charge in [-0.05, 0) is 74.2 Å². The molecule has 0 aliphatic heterocycles. The number of fused-ring (bicyclic) bond motifs is 8. The molecule has 4 nitrogen and oxygen atoms in total. The summed E-state index contributed by atoms with van der Waals surface area (Å²) in [5.74, 6) is -0.474. The molecule has 7 aromatic rings. The first-order valence-corrected chi connectivity index (χ1v) is 14.6. The van der Waals surface area contributed by atoms with Gasteiger partial charge in [0.2, 0.25) is 0 Å². The van der Waals surface area contributed by atoms with Gasteiger partial charge < -0.3 is 8.60 Å². The molecule has 194 valence electrons. The van der Waals surface area contributed by atoms with Crippen LogP contribution in [0.1, 0.15) is 0 Å². The molecule has 39 heavy (non-hydrogen) atoms. The van der Waals surface area contributed by atoms with Gasteiger partial charge in [-0.25, -0.2) is 0 Å². The molecule has 0 atom stereocenters. The highest BCUT2D eigenvalue weighted by Gasteiger charge is 2.48. The van der Waals surface area contributed by atoms with E-state index in [4.69, 9.17) is 4.42 Å². The van der Waals surface area contributed by atoms with Crippen LogP contribution >= 0.6 is 27.3 Å². The summed E-state index contributed by atoms with van der Waals surface area (Å²) in [6.45, 7) is 0. The first-order chi connectivity index (χ1) is 18.6. The van der Waals surface area contributed by atoms with Gasteiger partial charge in [0.05, 0.1) is 4.47 Å². The Labute approximate surface area is 231 Å². The van der Waals surface area contributed by atoms with Gasteiger partial charge in [-0.3, -0.25) is 0 Å². The Bertz CT molecular complexity index is 2230. The molecule has 0 spiro atoms. The molecule has 0 unspecified atom stereocenters. The van der Waals surface area contributed by atoms with Crippen LogP contribution in [0.3, 0.4) is 0 Å². The molecule has 2 heterocycles. The number of thiophene rings is 1. The number of halogens is 4. The van der Waals surface area contributed by atoms with Crippen LogP contribution in [0, 0.1) is 0 Å². The van der Waals surface area contributed by atoms with Crippen LogP contribution in [0.4, 0.5) is 13.2 Å². The van der Waals surface area contributed by atoms with Crippen LogP contribution in [0.25, 0.3) is 64.0 Å². The lowest BCUT2D eigenvalue weighted by Crippen LogP contribution is -2.28. The Balaban J connectivity index is 1.38. The molecule has 0 fully saturated rings. The highest BCUT2D eigenvalue weighted by atomic mass is 79.9. The van der Waals surface area contributed by atoms with Crippen molar-refractivity contribution in [2.75, 3.05) is 0 Å². The molecular weight excluding hydrogens is 613 g/mol. The van der Waals surface area contributed by atoms with Crippen molar-refractivity contribution in [1.29, 1.82) is 0 Å². The summed E-state index contributed by atoms with van der Waals surface area (Å²) in [6, 6.07) is 26.7. The van der Waals surface area contributed by atoms with E-state index in [0.717, 1.165) is 27.3 Å². The fourth-order valence-electron chi connectivity index (χ4n) is 4.90. The Morgan fingerprint density at radius 3 is 2.31 bits per heavy atom. The molecule has 0 aliphatic rings. The first-order valence-electron chi connectivity index (χ1n) is 11.6. The van der Waals surface area contributed by atoms with Crippen LogP contribution in [-0.4, -0.2) is 13.9 Å². The second kappa shape index (κ2) is 8.45. The topological polar surface area (TPSA) is 56.5 Å². The SMILES string of the molecule is O=S(=O)(Oc1cc(Br)c2oc3ccc(-c4ccc5sc6c7ccccc7ccc6c5c4)cc3c2c1)C(F)(F)F. The van der Waals surface area contributed by atoms with Crippen LogP contribution in [-0.2, 0) is 10.1 Å². The van der Waals surface area contributed by atoms with E-state index in [1.807, 2.05) is 30.3 Å². The summed E-state index contributed by atoms with van der Waals surface area (Å²) in [5, 5.41) is 5.72. The quantitative estimate of drug-likeness (QED) is 0.145. The lowest BCUT2D eigenvalue weighted by molar-refractivity contribution is -0.0500. The summed E-state index contributed by atoms with van der Waals surface area (Å²) in [7, 11) is -5.82. The molecule has 0 bridgehead atoms. The van der Waals surface area contributed by atoms with E-state index >= 15 is 0 Å². The van der Waals surface area contributed by atoms with E-state index in [1.54, 1.807) is 17.4 Å². The number of rotatable bonds is 3. The van der Waals surface area contributed by atoms with E-state index in [-0.39, 0.29) is 4.47 Å². The number of hydrogen-bond acceptors (Lipinski definition) is 5. The van der Waals surface area contributed by atoms with E-state index in [2.05, 4.69) is 56.5 Å². The minimum Gasteiger partial charge on any atom is -0.455 e. The van der Waals surface area contributed by atoms with Crippen molar-refractivity contribution < 1.29 is 30.2 Å². The zero-order valence-corrected chi connectivity index (χ0v) is 22.8. The predicted molar refractivity (Wildman–Crippen MR) is 153 cm³/mol. The Morgan fingerprint density at radius 2 is 1.51 bits per heavy atom. The van der Waals surface area contributed by atoms with Gasteiger partial charge in [0.25, 0.3) is 0 Å². The molecule has 10 heteroatoms. The summed E-state index contributed by atoms with van der Waals surface area (Å²) in [4.78, 5) is 0. The highest BCUT2D eigenvalue weighted by Crippen LogP contribution is 2.42. The van der Waals surface area contributed by atoms with E-state index in [9.17, 15) is 21.6 Å². The monoisotopic (exact) mass is 626 g/mol. The normalized spacial score (nSPS) is 12.8. The van der Waals surface area contributed by atoms with Gasteiger partial charge in [-0.15, -0.1) is 11.3 Å². The van der Waals surface area contributed by atoms with Gasteiger partial charge in [0, 0.05) is 30.9 Å². The van der Waals surface area contributed by atoms with Gasteiger partial charge in [0.1, 0.15) is 16.9 Å². The summed E-state index contributed by atoms with van der Waals surface area (Å²) in [5.41, 5.74) is -2.85. The van der Waals surface area contributed by atoms with Crippen molar-refractivity contribution in [3.8, 4) is 16.9 Å². The third-order valence-electron chi connectivity index (χ3n) is 6.68. The lowest BCUT2D eigenvalue weighted by Gasteiger charge is -2.09. The van der Waals surface area contributed by atoms with Crippen molar-refractivity contribution in [1.82, 2.24) is 0 Å². The van der Waals surface area contributed by atoms with Crippen LogP contribution in [0.15, 0.2) is 93.8 Å². The smallest absolute Gasteiger partial charge is 0.455 e. The average Bonchev–Trinajstić information content (AvgIpc) is 3.46. The molecule has 0 radical (unpaired) electrons. The Hall–Kier alpha value is -3.60. The lowest BCUT2D eigenvalue weighted by atomic mass is 10.00. The number of furan rings is 1. The fourth-order valence-corrected chi connectivity index (χ4v) is 7.08. The zero-order chi connectivity index (χ0) is 27.1. The van der Waals surface area contributed by atoms with Crippen LogP contribution in [0.2, 0.25) is 0 Å². The predicted octanol–water partition coefficient (Wildman–Crippen LogP) is 9.76. The maximum atomic E-state index is 12.9. The standard InChI is InChI=1S/C29H14BrF3O4S2/c30-24-14-18(37-39(34,35)29(31,32)33)13-23-21-11-16(6-9-25(21)36-27(23)24)17-7-10-26-22(12-17)20-8-5-15-3-1-2-4-19(15)28(20)38-26/h1-14H. The molecule has 0 saturated carbocycles. The molecule has 0 N–H and O–H groups in total.